The first-order valence-corrected chi connectivity index (χ1v) is 11.6. The minimum absolute atomic E-state index is 0.115. The molecule has 1 unspecified atom stereocenters. The van der Waals surface area contributed by atoms with Crippen LogP contribution in [0.3, 0.4) is 0 Å². The van der Waals surface area contributed by atoms with E-state index in [1.807, 2.05) is 72.8 Å². The van der Waals surface area contributed by atoms with Crippen LogP contribution >= 0.6 is 0 Å². The maximum absolute atomic E-state index is 14.3. The smallest absolute Gasteiger partial charge is 0.276 e. The largest absolute Gasteiger partial charge is 0.497 e. The average molecular weight is 459 g/mol. The first kappa shape index (κ1) is 19.9. The van der Waals surface area contributed by atoms with Gasteiger partial charge in [-0.2, -0.15) is 0 Å². The van der Waals surface area contributed by atoms with E-state index in [9.17, 15) is 4.79 Å². The van der Waals surface area contributed by atoms with Crippen molar-refractivity contribution in [1.29, 1.82) is 0 Å². The Balaban J connectivity index is 1.63. The Labute approximate surface area is 202 Å². The number of amides is 1. The Morgan fingerprint density at radius 2 is 1.69 bits per heavy atom. The predicted molar refractivity (Wildman–Crippen MR) is 136 cm³/mol. The number of fused-ring (bicyclic) bond motifs is 8. The van der Waals surface area contributed by atoms with Crippen molar-refractivity contribution in [2.45, 2.75) is 12.2 Å². The van der Waals surface area contributed by atoms with Gasteiger partial charge in [-0.25, -0.2) is 4.98 Å². The molecule has 2 aliphatic rings. The highest BCUT2D eigenvalue weighted by atomic mass is 16.5. The zero-order valence-corrected chi connectivity index (χ0v) is 19.1. The number of nitrogens with zero attached hydrogens (tertiary/aromatic N) is 3. The molecule has 1 N–H and O–H groups in total. The van der Waals surface area contributed by atoms with Crippen LogP contribution < -0.4 is 15.0 Å². The number of aromatic nitrogens is 2. The summed E-state index contributed by atoms with van der Waals surface area (Å²) in [5, 5.41) is 3.17. The van der Waals surface area contributed by atoms with E-state index in [1.165, 1.54) is 0 Å². The van der Waals surface area contributed by atoms with Gasteiger partial charge in [-0.15, -0.1) is 0 Å². The van der Waals surface area contributed by atoms with E-state index in [4.69, 9.17) is 9.72 Å². The summed E-state index contributed by atoms with van der Waals surface area (Å²) in [6, 6.07) is 32.2. The molecule has 1 spiro atoms. The molecule has 0 radical (unpaired) electrons. The molecule has 1 atom stereocenters. The standard InChI is InChI=1S/C29H22N4O2/c1-35-20-15-16-23-22(17-20)29(28(34)31-23)32(18-19-9-3-2-4-10-19)25-13-7-5-11-21(25)27-30-24-12-6-8-14-26(24)33(27)29/h2-17H,18H2,1H3,(H,31,34). The molecular weight excluding hydrogens is 436 g/mol. The van der Waals surface area contributed by atoms with Crippen molar-refractivity contribution in [3.05, 3.63) is 108 Å². The summed E-state index contributed by atoms with van der Waals surface area (Å²) in [6.07, 6.45) is 0. The van der Waals surface area contributed by atoms with Gasteiger partial charge in [-0.05, 0) is 48.0 Å². The van der Waals surface area contributed by atoms with Crippen LogP contribution in [0.1, 0.15) is 11.1 Å². The Morgan fingerprint density at radius 3 is 2.54 bits per heavy atom. The highest BCUT2D eigenvalue weighted by molar-refractivity contribution is 6.11. The maximum atomic E-state index is 14.3. The minimum atomic E-state index is -1.18. The molecule has 0 saturated carbocycles. The lowest BCUT2D eigenvalue weighted by Gasteiger charge is -2.46. The lowest BCUT2D eigenvalue weighted by Crippen LogP contribution is -2.58. The van der Waals surface area contributed by atoms with E-state index < -0.39 is 5.66 Å². The average Bonchev–Trinajstić information content (AvgIpc) is 3.43. The minimum Gasteiger partial charge on any atom is -0.497 e. The van der Waals surface area contributed by atoms with Crippen LogP contribution in [0, 0.1) is 0 Å². The number of hydrogen-bond donors (Lipinski definition) is 1. The van der Waals surface area contributed by atoms with E-state index in [0.29, 0.717) is 12.3 Å². The van der Waals surface area contributed by atoms with Crippen LogP contribution in [0.2, 0.25) is 0 Å². The third-order valence-electron chi connectivity index (χ3n) is 7.06. The van der Waals surface area contributed by atoms with Crippen molar-refractivity contribution in [3.8, 4) is 17.1 Å². The fourth-order valence-electron chi connectivity index (χ4n) is 5.56. The van der Waals surface area contributed by atoms with E-state index in [1.54, 1.807) is 7.11 Å². The number of carbonyl (C=O) groups is 1. The summed E-state index contributed by atoms with van der Waals surface area (Å²) in [7, 11) is 1.65. The predicted octanol–water partition coefficient (Wildman–Crippen LogP) is 5.39. The van der Waals surface area contributed by atoms with Gasteiger partial charge >= 0.3 is 0 Å². The van der Waals surface area contributed by atoms with Gasteiger partial charge in [0, 0.05) is 23.4 Å². The molecular formula is C29H22N4O2. The summed E-state index contributed by atoms with van der Waals surface area (Å²) in [5.41, 5.74) is 5.26. The molecule has 0 fully saturated rings. The molecule has 6 heteroatoms. The first-order chi connectivity index (χ1) is 17.2. The van der Waals surface area contributed by atoms with Gasteiger partial charge in [0.1, 0.15) is 11.6 Å². The molecule has 0 aliphatic carbocycles. The third-order valence-corrected chi connectivity index (χ3v) is 7.06. The number of rotatable bonds is 3. The van der Waals surface area contributed by atoms with E-state index in [0.717, 1.165) is 44.9 Å². The molecule has 7 rings (SSSR count). The van der Waals surface area contributed by atoms with Crippen LogP contribution in [0.4, 0.5) is 11.4 Å². The molecule has 0 bridgehead atoms. The second-order valence-electron chi connectivity index (χ2n) is 8.89. The second-order valence-corrected chi connectivity index (χ2v) is 8.89. The van der Waals surface area contributed by atoms with Gasteiger partial charge in [0.2, 0.25) is 5.66 Å². The summed E-state index contributed by atoms with van der Waals surface area (Å²) in [5.74, 6) is 1.36. The zero-order valence-electron chi connectivity index (χ0n) is 19.1. The highest BCUT2D eigenvalue weighted by Gasteiger charge is 2.57. The number of anilines is 2. The van der Waals surface area contributed by atoms with Gasteiger partial charge in [0.15, 0.2) is 0 Å². The van der Waals surface area contributed by atoms with Crippen molar-refractivity contribution in [1.82, 2.24) is 9.55 Å². The quantitative estimate of drug-likeness (QED) is 0.394. The number of hydrogen-bond acceptors (Lipinski definition) is 4. The fourth-order valence-corrected chi connectivity index (χ4v) is 5.56. The normalized spacial score (nSPS) is 17.7. The number of para-hydroxylation sites is 3. The lowest BCUT2D eigenvalue weighted by atomic mass is 9.91. The Hall–Kier alpha value is -4.58. The lowest BCUT2D eigenvalue weighted by molar-refractivity contribution is -0.121. The van der Waals surface area contributed by atoms with Crippen molar-refractivity contribution in [2.75, 3.05) is 17.3 Å². The van der Waals surface area contributed by atoms with Crippen molar-refractivity contribution < 1.29 is 9.53 Å². The Morgan fingerprint density at radius 1 is 0.914 bits per heavy atom. The van der Waals surface area contributed by atoms with Gasteiger partial charge in [-0.1, -0.05) is 54.6 Å². The van der Waals surface area contributed by atoms with Gasteiger partial charge in [-0.3, -0.25) is 9.36 Å². The molecule has 0 saturated heterocycles. The molecule has 170 valence electrons. The number of benzene rings is 4. The van der Waals surface area contributed by atoms with E-state index in [2.05, 4.69) is 39.0 Å². The Kier molecular flexibility index (Phi) is 4.09. The third kappa shape index (κ3) is 2.59. The number of imidazole rings is 1. The van der Waals surface area contributed by atoms with Crippen molar-refractivity contribution in [3.63, 3.8) is 0 Å². The molecule has 5 aromatic rings. The molecule has 4 aromatic carbocycles. The highest BCUT2D eigenvalue weighted by Crippen LogP contribution is 2.53. The molecule has 35 heavy (non-hydrogen) atoms. The fraction of sp³-hybridized carbons (Fsp3) is 0.103. The van der Waals surface area contributed by atoms with Crippen LogP contribution in [0.15, 0.2) is 97.1 Å². The van der Waals surface area contributed by atoms with Crippen LogP contribution in [0.25, 0.3) is 22.4 Å². The first-order valence-electron chi connectivity index (χ1n) is 11.6. The number of carbonyl (C=O) groups excluding carboxylic acids is 1. The second kappa shape index (κ2) is 7.21. The van der Waals surface area contributed by atoms with Crippen molar-refractivity contribution >= 4 is 28.3 Å². The summed E-state index contributed by atoms with van der Waals surface area (Å²) >= 11 is 0. The summed E-state index contributed by atoms with van der Waals surface area (Å²) < 4.78 is 7.71. The molecule has 1 aromatic heterocycles. The monoisotopic (exact) mass is 458 g/mol. The zero-order chi connectivity index (χ0) is 23.6. The van der Waals surface area contributed by atoms with Crippen LogP contribution in [-0.4, -0.2) is 22.6 Å². The number of nitrogens with one attached hydrogen (secondary N) is 1. The maximum Gasteiger partial charge on any atom is 0.276 e. The number of methoxy groups -OCH3 is 1. The summed E-state index contributed by atoms with van der Waals surface area (Å²) in [4.78, 5) is 21.5. The van der Waals surface area contributed by atoms with Gasteiger partial charge in [0.25, 0.3) is 5.91 Å². The van der Waals surface area contributed by atoms with Crippen LogP contribution in [0.5, 0.6) is 5.75 Å². The topological polar surface area (TPSA) is 59.4 Å². The molecule has 3 heterocycles. The number of ether oxygens (including phenoxy) is 1. The van der Waals surface area contributed by atoms with Crippen molar-refractivity contribution in [2.24, 2.45) is 0 Å². The summed E-state index contributed by atoms with van der Waals surface area (Å²) in [6.45, 7) is 0.536. The molecule has 1 amide bonds. The van der Waals surface area contributed by atoms with E-state index >= 15 is 0 Å². The molecule has 2 aliphatic heterocycles. The SMILES string of the molecule is COc1ccc2c(c1)C1(C(=O)N2)N(Cc2ccccc2)c2ccccc2-c2nc3ccccc3n21. The Bertz CT molecular complexity index is 1620. The van der Waals surface area contributed by atoms with Crippen LogP contribution in [-0.2, 0) is 17.0 Å². The molecule has 6 nitrogen and oxygen atoms in total. The van der Waals surface area contributed by atoms with E-state index in [-0.39, 0.29) is 5.91 Å². The van der Waals surface area contributed by atoms with Gasteiger partial charge in [0.05, 0.1) is 23.8 Å². The van der Waals surface area contributed by atoms with Gasteiger partial charge < -0.3 is 15.0 Å².